The van der Waals surface area contributed by atoms with Crippen LogP contribution in [0.3, 0.4) is 0 Å². The Morgan fingerprint density at radius 3 is 2.79 bits per heavy atom. The number of methoxy groups -OCH3 is 1. The summed E-state index contributed by atoms with van der Waals surface area (Å²) in [5.41, 5.74) is 1.47. The van der Waals surface area contributed by atoms with Gasteiger partial charge < -0.3 is 24.1 Å². The number of fused-ring (bicyclic) bond motifs is 2. The van der Waals surface area contributed by atoms with Crippen molar-refractivity contribution in [2.24, 2.45) is 0 Å². The van der Waals surface area contributed by atoms with Crippen molar-refractivity contribution in [2.75, 3.05) is 33.3 Å². The number of aromatic amines is 1. The van der Waals surface area contributed by atoms with Crippen LogP contribution in [-0.2, 0) is 0 Å². The number of aryl methyl sites for hydroxylation is 1. The Morgan fingerprint density at radius 2 is 1.97 bits per heavy atom. The molecule has 0 bridgehead atoms. The van der Waals surface area contributed by atoms with Crippen LogP contribution in [-0.4, -0.2) is 53.1 Å². The molecule has 1 saturated heterocycles. The third-order valence-electron chi connectivity index (χ3n) is 5.02. The third-order valence-corrected chi connectivity index (χ3v) is 5.02. The molecule has 8 heteroatoms. The highest BCUT2D eigenvalue weighted by Gasteiger charge is 2.17. The molecule has 5 rings (SSSR count). The molecule has 3 heterocycles. The summed E-state index contributed by atoms with van der Waals surface area (Å²) in [6, 6.07) is 7.23. The van der Waals surface area contributed by atoms with E-state index in [0.29, 0.717) is 15.8 Å². The number of hydrogen-bond acceptors (Lipinski definition) is 6. The maximum absolute atomic E-state index is 15.2. The Balaban J connectivity index is 1.47. The van der Waals surface area contributed by atoms with Crippen molar-refractivity contribution in [3.63, 3.8) is 0 Å². The van der Waals surface area contributed by atoms with Crippen LogP contribution in [0.15, 0.2) is 36.7 Å². The van der Waals surface area contributed by atoms with Gasteiger partial charge in [-0.2, -0.15) is 0 Å². The SMILES string of the molecule is [2H]C1([2H])CN(C([2H])([2H])C([2H])([2H])C([2H])([2H])Oc2cc3ncnc(Oc4ccc5[nH]c(C)cc5c4F)c3cc2OC)CC1([2H])[2H]. The molecule has 0 unspecified atom stereocenters. The summed E-state index contributed by atoms with van der Waals surface area (Å²) >= 11 is 0. The van der Waals surface area contributed by atoms with Gasteiger partial charge in [-0.3, -0.25) is 0 Å². The van der Waals surface area contributed by atoms with Gasteiger partial charge in [-0.05, 0) is 63.4 Å². The fourth-order valence-corrected chi connectivity index (χ4v) is 3.45. The molecule has 1 aliphatic heterocycles. The van der Waals surface area contributed by atoms with Crippen LogP contribution in [0.4, 0.5) is 4.39 Å². The van der Waals surface area contributed by atoms with Gasteiger partial charge in [-0.15, -0.1) is 0 Å². The minimum Gasteiger partial charge on any atom is -0.493 e. The lowest BCUT2D eigenvalue weighted by Crippen LogP contribution is -2.21. The van der Waals surface area contributed by atoms with Crippen molar-refractivity contribution in [1.82, 2.24) is 19.9 Å². The first-order valence-electron chi connectivity index (χ1n) is 15.0. The highest BCUT2D eigenvalue weighted by atomic mass is 19.1. The van der Waals surface area contributed by atoms with Crippen LogP contribution in [0.2, 0.25) is 0 Å². The molecule has 2 aromatic heterocycles. The van der Waals surface area contributed by atoms with Gasteiger partial charge in [0.05, 0.1) is 27.3 Å². The van der Waals surface area contributed by atoms with Crippen LogP contribution in [0.1, 0.15) is 38.5 Å². The molecule has 0 radical (unpaired) electrons. The molecule has 1 aliphatic rings. The van der Waals surface area contributed by atoms with Gasteiger partial charge in [0, 0.05) is 40.1 Å². The molecule has 0 saturated carbocycles. The smallest absolute Gasteiger partial charge is 0.230 e. The summed E-state index contributed by atoms with van der Waals surface area (Å²) in [4.78, 5) is 11.8. The molecular weight excluding hydrogens is 423 g/mol. The van der Waals surface area contributed by atoms with Crippen molar-refractivity contribution >= 4 is 21.8 Å². The number of nitrogens with one attached hydrogen (secondary N) is 1. The van der Waals surface area contributed by atoms with Crippen LogP contribution >= 0.6 is 0 Å². The number of hydrogen-bond donors (Lipinski definition) is 1. The summed E-state index contributed by atoms with van der Waals surface area (Å²) < 4.78 is 114. The minimum absolute atomic E-state index is 0.0624. The monoisotopic (exact) mass is 460 g/mol. The maximum Gasteiger partial charge on any atom is 0.230 e. The molecule has 0 atom stereocenters. The average Bonchev–Trinajstić information content (AvgIpc) is 3.40. The molecule has 0 aliphatic carbocycles. The fourth-order valence-electron chi connectivity index (χ4n) is 3.45. The van der Waals surface area contributed by atoms with Crippen molar-refractivity contribution in [2.45, 2.75) is 26.0 Å². The molecular formula is C25H27FN4O3. The van der Waals surface area contributed by atoms with Gasteiger partial charge in [-0.1, -0.05) is 0 Å². The van der Waals surface area contributed by atoms with E-state index >= 15 is 4.39 Å². The molecule has 172 valence electrons. The van der Waals surface area contributed by atoms with E-state index in [1.165, 1.54) is 25.3 Å². The largest absolute Gasteiger partial charge is 0.493 e. The lowest BCUT2D eigenvalue weighted by atomic mass is 10.2. The van der Waals surface area contributed by atoms with E-state index in [-0.39, 0.29) is 34.0 Å². The molecule has 4 aromatic rings. The number of H-pyrrole nitrogens is 1. The molecule has 33 heavy (non-hydrogen) atoms. The zero-order valence-electron chi connectivity index (χ0n) is 27.8. The van der Waals surface area contributed by atoms with Crippen molar-refractivity contribution in [1.29, 1.82) is 0 Å². The van der Waals surface area contributed by atoms with E-state index < -0.39 is 51.1 Å². The van der Waals surface area contributed by atoms with Crippen LogP contribution in [0.25, 0.3) is 21.8 Å². The van der Waals surface area contributed by atoms with E-state index in [0.717, 1.165) is 12.0 Å². The third kappa shape index (κ3) is 4.43. The predicted octanol–water partition coefficient (Wildman–Crippen LogP) is 5.22. The summed E-state index contributed by atoms with van der Waals surface area (Å²) in [7, 11) is 1.23. The summed E-state index contributed by atoms with van der Waals surface area (Å²) in [6.07, 6.45) is -7.34. The number of rotatable bonds is 8. The topological polar surface area (TPSA) is 72.5 Å². The normalized spacial score (nSPS) is 23.1. The second kappa shape index (κ2) is 9.23. The summed E-state index contributed by atoms with van der Waals surface area (Å²) in [5, 5.41) is 0.538. The summed E-state index contributed by atoms with van der Waals surface area (Å²) in [5.74, 6) is -1.28. The zero-order chi connectivity index (χ0) is 31.8. The number of aromatic nitrogens is 3. The van der Waals surface area contributed by atoms with Gasteiger partial charge in [0.25, 0.3) is 0 Å². The first-order chi connectivity index (χ1) is 19.8. The van der Waals surface area contributed by atoms with Gasteiger partial charge in [0.2, 0.25) is 5.88 Å². The van der Waals surface area contributed by atoms with Crippen LogP contribution in [0.5, 0.6) is 23.1 Å². The quantitative estimate of drug-likeness (QED) is 0.388. The second-order valence-corrected chi connectivity index (χ2v) is 7.24. The molecule has 0 spiro atoms. The molecule has 2 aromatic carbocycles. The highest BCUT2D eigenvalue weighted by Crippen LogP contribution is 2.37. The van der Waals surface area contributed by atoms with E-state index in [1.807, 2.05) is 0 Å². The van der Waals surface area contributed by atoms with Crippen LogP contribution < -0.4 is 14.2 Å². The average molecular weight is 461 g/mol. The lowest BCUT2D eigenvalue weighted by Gasteiger charge is -2.16. The highest BCUT2D eigenvalue weighted by molar-refractivity contribution is 5.87. The first-order valence-corrected chi connectivity index (χ1v) is 10.0. The molecule has 0 amide bonds. The maximum atomic E-state index is 15.2. The Labute approximate surface area is 205 Å². The minimum atomic E-state index is -3.46. The van der Waals surface area contributed by atoms with Gasteiger partial charge in [0.1, 0.15) is 6.33 Å². The molecule has 1 N–H and O–H groups in total. The number of benzene rings is 2. The van der Waals surface area contributed by atoms with Gasteiger partial charge in [0.15, 0.2) is 23.1 Å². The number of likely N-dealkylation sites (tertiary alicyclic amines) is 1. The Kier molecular flexibility index (Phi) is 3.56. The van der Waals surface area contributed by atoms with Crippen molar-refractivity contribution < 1.29 is 32.3 Å². The van der Waals surface area contributed by atoms with E-state index in [1.54, 1.807) is 19.1 Å². The fraction of sp³-hybridized carbons (Fsp3) is 0.360. The van der Waals surface area contributed by atoms with Gasteiger partial charge >= 0.3 is 0 Å². The first kappa shape index (κ1) is 12.7. The lowest BCUT2D eigenvalue weighted by molar-refractivity contribution is 0.254. The Hall–Kier alpha value is -3.39. The van der Waals surface area contributed by atoms with Gasteiger partial charge in [-0.25, -0.2) is 14.4 Å². The molecule has 1 fully saturated rings. The number of nitrogens with zero attached hydrogens (tertiary/aromatic N) is 3. The zero-order valence-corrected chi connectivity index (χ0v) is 17.8. The van der Waals surface area contributed by atoms with Crippen LogP contribution in [0, 0.1) is 12.7 Å². The molecule has 7 nitrogen and oxygen atoms in total. The Bertz CT molecular complexity index is 1700. The van der Waals surface area contributed by atoms with E-state index in [2.05, 4.69) is 15.0 Å². The van der Waals surface area contributed by atoms with Crippen molar-refractivity contribution in [3.8, 4) is 23.1 Å². The number of halogens is 1. The van der Waals surface area contributed by atoms with E-state index in [9.17, 15) is 0 Å². The van der Waals surface area contributed by atoms with Crippen molar-refractivity contribution in [3.05, 3.63) is 48.2 Å². The number of ether oxygens (including phenoxy) is 3. The van der Waals surface area contributed by atoms with E-state index in [4.69, 9.17) is 27.9 Å². The second-order valence-electron chi connectivity index (χ2n) is 7.24. The standard InChI is InChI=1S/C25H27FN4O3/c1-16-12-17-19(29-16)6-7-21(24(17)26)33-25-18-13-22(31-2)23(14-20(18)27-15-28-25)32-11-5-10-30-8-3-4-9-30/h6-7,12-15,29H,3-5,8-11H2,1-2H3/i3D2,4D2,5D2,10D2,11D2. The predicted molar refractivity (Wildman–Crippen MR) is 125 cm³/mol. The summed E-state index contributed by atoms with van der Waals surface area (Å²) in [6.45, 7) is -6.42. The Morgan fingerprint density at radius 1 is 1.12 bits per heavy atom.